The summed E-state index contributed by atoms with van der Waals surface area (Å²) in [5.41, 5.74) is 0.136. The SMILES string of the molecule is CC(C)[C@H](NC(=O)c1ccccc1F)C(=O)OCC(=O)NC(=O)Nc1ccc2c(c1)OCCO2. The van der Waals surface area contributed by atoms with Crippen LogP contribution in [0.5, 0.6) is 11.5 Å². The van der Waals surface area contributed by atoms with Crippen LogP contribution in [0.15, 0.2) is 42.5 Å². The Bertz CT molecular complexity index is 1090. The maximum Gasteiger partial charge on any atom is 0.329 e. The van der Waals surface area contributed by atoms with Gasteiger partial charge in [0, 0.05) is 11.8 Å². The Hall–Kier alpha value is -4.15. The van der Waals surface area contributed by atoms with Crippen LogP contribution in [0, 0.1) is 11.7 Å². The lowest BCUT2D eigenvalue weighted by Gasteiger charge is -2.21. The van der Waals surface area contributed by atoms with E-state index in [9.17, 15) is 23.6 Å². The fraction of sp³-hybridized carbons (Fsp3) is 0.304. The smallest absolute Gasteiger partial charge is 0.329 e. The van der Waals surface area contributed by atoms with Gasteiger partial charge >= 0.3 is 12.0 Å². The van der Waals surface area contributed by atoms with Gasteiger partial charge in [0.1, 0.15) is 25.1 Å². The highest BCUT2D eigenvalue weighted by Crippen LogP contribution is 2.32. The van der Waals surface area contributed by atoms with Crippen LogP contribution in [-0.4, -0.2) is 49.7 Å². The third-order valence-corrected chi connectivity index (χ3v) is 4.72. The quantitative estimate of drug-likeness (QED) is 0.526. The van der Waals surface area contributed by atoms with Gasteiger partial charge in [0.25, 0.3) is 11.8 Å². The molecule has 0 bridgehead atoms. The molecule has 0 unspecified atom stereocenters. The van der Waals surface area contributed by atoms with Crippen molar-refractivity contribution >= 4 is 29.5 Å². The number of amides is 4. The van der Waals surface area contributed by atoms with Gasteiger partial charge in [0.2, 0.25) is 0 Å². The van der Waals surface area contributed by atoms with Crippen molar-refractivity contribution in [2.45, 2.75) is 19.9 Å². The summed E-state index contributed by atoms with van der Waals surface area (Å²) in [5, 5.41) is 6.90. The Morgan fingerprint density at radius 1 is 1.03 bits per heavy atom. The number of ether oxygens (including phenoxy) is 3. The normalized spacial score (nSPS) is 12.9. The van der Waals surface area contributed by atoms with Crippen LogP contribution in [0.4, 0.5) is 14.9 Å². The second-order valence-corrected chi connectivity index (χ2v) is 7.64. The van der Waals surface area contributed by atoms with Gasteiger partial charge in [0.15, 0.2) is 18.1 Å². The third kappa shape index (κ3) is 6.44. The molecule has 1 atom stereocenters. The first kappa shape index (κ1) is 24.5. The summed E-state index contributed by atoms with van der Waals surface area (Å²) in [5.74, 6) is -2.72. The van der Waals surface area contributed by atoms with Crippen LogP contribution in [0.3, 0.4) is 0 Å². The molecular formula is C23H24FN3O7. The number of anilines is 1. The summed E-state index contributed by atoms with van der Waals surface area (Å²) >= 11 is 0. The minimum absolute atomic E-state index is 0.227. The number of halogens is 1. The molecule has 0 saturated heterocycles. The van der Waals surface area contributed by atoms with Crippen molar-refractivity contribution in [3.8, 4) is 11.5 Å². The highest BCUT2D eigenvalue weighted by atomic mass is 19.1. The molecule has 1 heterocycles. The van der Waals surface area contributed by atoms with Gasteiger partial charge in [-0.1, -0.05) is 26.0 Å². The molecule has 34 heavy (non-hydrogen) atoms. The van der Waals surface area contributed by atoms with Gasteiger partial charge in [-0.25, -0.2) is 14.0 Å². The van der Waals surface area contributed by atoms with Crippen molar-refractivity contribution in [3.63, 3.8) is 0 Å². The fourth-order valence-electron chi connectivity index (χ4n) is 3.03. The van der Waals surface area contributed by atoms with Gasteiger partial charge in [-0.2, -0.15) is 0 Å². The summed E-state index contributed by atoms with van der Waals surface area (Å²) in [6.45, 7) is 3.34. The molecule has 0 spiro atoms. The number of urea groups is 1. The first-order valence-electron chi connectivity index (χ1n) is 10.5. The average Bonchev–Trinajstić information content (AvgIpc) is 2.80. The van der Waals surface area contributed by atoms with Crippen LogP contribution < -0.4 is 25.4 Å². The molecule has 11 heteroatoms. The molecule has 0 radical (unpaired) electrons. The van der Waals surface area contributed by atoms with Gasteiger partial charge in [-0.3, -0.25) is 14.9 Å². The zero-order chi connectivity index (χ0) is 24.7. The molecule has 180 valence electrons. The molecule has 0 fully saturated rings. The van der Waals surface area contributed by atoms with Crippen LogP contribution in [0.25, 0.3) is 0 Å². The van der Waals surface area contributed by atoms with E-state index in [1.165, 1.54) is 18.2 Å². The molecular weight excluding hydrogens is 449 g/mol. The summed E-state index contributed by atoms with van der Waals surface area (Å²) in [7, 11) is 0. The monoisotopic (exact) mass is 473 g/mol. The van der Waals surface area contributed by atoms with Crippen LogP contribution >= 0.6 is 0 Å². The average molecular weight is 473 g/mol. The second-order valence-electron chi connectivity index (χ2n) is 7.64. The summed E-state index contributed by atoms with van der Waals surface area (Å²) < 4.78 is 29.6. The molecule has 3 N–H and O–H groups in total. The lowest BCUT2D eigenvalue weighted by molar-refractivity contribution is -0.151. The van der Waals surface area contributed by atoms with Gasteiger partial charge in [-0.05, 0) is 30.2 Å². The molecule has 1 aliphatic rings. The Morgan fingerprint density at radius 2 is 1.74 bits per heavy atom. The van der Waals surface area contributed by atoms with E-state index in [4.69, 9.17) is 14.2 Å². The summed E-state index contributed by atoms with van der Waals surface area (Å²) in [6.07, 6.45) is 0. The molecule has 2 aromatic rings. The van der Waals surface area contributed by atoms with E-state index in [0.717, 1.165) is 6.07 Å². The topological polar surface area (TPSA) is 132 Å². The molecule has 0 saturated carbocycles. The van der Waals surface area contributed by atoms with E-state index in [1.807, 2.05) is 5.32 Å². The molecule has 4 amide bonds. The van der Waals surface area contributed by atoms with E-state index >= 15 is 0 Å². The largest absolute Gasteiger partial charge is 0.486 e. The van der Waals surface area contributed by atoms with Crippen molar-refractivity contribution in [3.05, 3.63) is 53.8 Å². The van der Waals surface area contributed by atoms with Gasteiger partial charge < -0.3 is 24.8 Å². The number of nitrogens with one attached hydrogen (secondary N) is 3. The molecule has 0 aliphatic carbocycles. The number of benzene rings is 2. The standard InChI is InChI=1S/C23H24FN3O7/c1-13(2)20(27-21(29)15-5-3-4-6-16(15)24)22(30)34-12-19(28)26-23(31)25-14-7-8-17-18(11-14)33-10-9-32-17/h3-8,11,13,20H,9-10,12H2,1-2H3,(H,27,29)(H2,25,26,28,31)/t20-/m0/s1. The Morgan fingerprint density at radius 3 is 2.44 bits per heavy atom. The number of carbonyl (C=O) groups is 4. The van der Waals surface area contributed by atoms with Gasteiger partial charge in [0.05, 0.1) is 5.56 Å². The third-order valence-electron chi connectivity index (χ3n) is 4.72. The van der Waals surface area contributed by atoms with Crippen molar-refractivity contribution in [2.24, 2.45) is 5.92 Å². The summed E-state index contributed by atoms with van der Waals surface area (Å²) in [4.78, 5) is 48.8. The van der Waals surface area contributed by atoms with Crippen LogP contribution in [-0.2, 0) is 14.3 Å². The zero-order valence-electron chi connectivity index (χ0n) is 18.6. The highest BCUT2D eigenvalue weighted by molar-refractivity contribution is 6.02. The number of hydrogen-bond acceptors (Lipinski definition) is 7. The maximum absolute atomic E-state index is 13.8. The van der Waals surface area contributed by atoms with E-state index in [-0.39, 0.29) is 5.56 Å². The molecule has 3 rings (SSSR count). The highest BCUT2D eigenvalue weighted by Gasteiger charge is 2.27. The predicted molar refractivity (Wildman–Crippen MR) is 118 cm³/mol. The minimum Gasteiger partial charge on any atom is -0.486 e. The van der Waals surface area contributed by atoms with E-state index in [0.29, 0.717) is 30.4 Å². The van der Waals surface area contributed by atoms with Gasteiger partial charge in [-0.15, -0.1) is 0 Å². The van der Waals surface area contributed by atoms with Crippen molar-refractivity contribution < 1.29 is 37.8 Å². The zero-order valence-corrected chi connectivity index (χ0v) is 18.6. The number of imide groups is 1. The van der Waals surface area contributed by atoms with E-state index in [1.54, 1.807) is 32.0 Å². The Kier molecular flexibility index (Phi) is 8.01. The molecule has 10 nitrogen and oxygen atoms in total. The number of esters is 1. The van der Waals surface area contributed by atoms with Crippen molar-refractivity contribution in [2.75, 3.05) is 25.1 Å². The lowest BCUT2D eigenvalue weighted by Crippen LogP contribution is -2.46. The minimum atomic E-state index is -1.13. The van der Waals surface area contributed by atoms with Crippen LogP contribution in [0.1, 0.15) is 24.2 Å². The predicted octanol–water partition coefficient (Wildman–Crippen LogP) is 2.24. The van der Waals surface area contributed by atoms with Crippen LogP contribution in [0.2, 0.25) is 0 Å². The maximum atomic E-state index is 13.8. The Labute approximate surface area is 194 Å². The van der Waals surface area contributed by atoms with E-state index in [2.05, 4.69) is 10.6 Å². The second kappa shape index (κ2) is 11.1. The molecule has 2 aromatic carbocycles. The number of carbonyl (C=O) groups excluding carboxylic acids is 4. The first-order valence-corrected chi connectivity index (χ1v) is 10.5. The van der Waals surface area contributed by atoms with Crippen molar-refractivity contribution in [1.82, 2.24) is 10.6 Å². The number of rotatable bonds is 7. The molecule has 1 aliphatic heterocycles. The number of fused-ring (bicyclic) bond motifs is 1. The van der Waals surface area contributed by atoms with Crippen molar-refractivity contribution in [1.29, 1.82) is 0 Å². The fourth-order valence-corrected chi connectivity index (χ4v) is 3.03. The molecule has 0 aromatic heterocycles. The Balaban J connectivity index is 1.49. The first-order chi connectivity index (χ1) is 16.2. The van der Waals surface area contributed by atoms with E-state index < -0.39 is 48.2 Å². The summed E-state index contributed by atoms with van der Waals surface area (Å²) in [6, 6.07) is 8.09. The lowest BCUT2D eigenvalue weighted by atomic mass is 10.0. The number of hydrogen-bond donors (Lipinski definition) is 3.